The fraction of sp³-hybridized carbons (Fsp3) is 0.333. The second-order valence-corrected chi connectivity index (χ2v) is 8.45. The minimum Gasteiger partial charge on any atom is -0.327 e. The molecule has 1 heterocycles. The van der Waals surface area contributed by atoms with E-state index in [1.54, 1.807) is 5.48 Å². The monoisotopic (exact) mass is 452 g/mol. The van der Waals surface area contributed by atoms with E-state index in [2.05, 4.69) is 10.7 Å². The molecule has 2 aromatic carbocycles. The lowest BCUT2D eigenvalue weighted by molar-refractivity contribution is -0.144. The standard InChI is InChI=1S/C24H28N4O5/c1-15(2)12-19(22(30)26-28-21(29)14-25-24(28)32)20(23(31)27-33)13-16-8-10-18(11-9-16)17-6-4-3-5-7-17/h3-11,15,19-20,33H,12-14H2,1-2H3,(H,25,32)(H,26,30)(H,27,31)/t19?,20-/m1/s1. The van der Waals surface area contributed by atoms with Crippen molar-refractivity contribution < 1.29 is 24.4 Å². The van der Waals surface area contributed by atoms with Gasteiger partial charge in [-0.05, 0) is 35.4 Å². The van der Waals surface area contributed by atoms with E-state index in [1.165, 1.54) is 0 Å². The largest absolute Gasteiger partial charge is 0.343 e. The quantitative estimate of drug-likeness (QED) is 0.264. The molecule has 1 fully saturated rings. The summed E-state index contributed by atoms with van der Waals surface area (Å²) < 4.78 is 0. The maximum Gasteiger partial charge on any atom is 0.343 e. The number of carbonyl (C=O) groups excluding carboxylic acids is 4. The van der Waals surface area contributed by atoms with Gasteiger partial charge in [-0.3, -0.25) is 25.0 Å². The molecule has 0 aromatic heterocycles. The van der Waals surface area contributed by atoms with Gasteiger partial charge in [-0.2, -0.15) is 5.01 Å². The maximum absolute atomic E-state index is 13.1. The number of carbonyl (C=O) groups is 4. The highest BCUT2D eigenvalue weighted by molar-refractivity contribution is 6.03. The van der Waals surface area contributed by atoms with Gasteiger partial charge in [0.05, 0.1) is 11.8 Å². The lowest BCUT2D eigenvalue weighted by Crippen LogP contribution is -2.51. The Labute approximate surface area is 192 Å². The highest BCUT2D eigenvalue weighted by Crippen LogP contribution is 2.27. The molecule has 3 rings (SSSR count). The molecule has 4 N–H and O–H groups in total. The van der Waals surface area contributed by atoms with E-state index in [0.717, 1.165) is 16.7 Å². The number of hydrogen-bond donors (Lipinski definition) is 4. The number of benzene rings is 2. The molecule has 2 atom stereocenters. The maximum atomic E-state index is 13.1. The highest BCUT2D eigenvalue weighted by atomic mass is 16.5. The van der Waals surface area contributed by atoms with Gasteiger partial charge >= 0.3 is 6.03 Å². The van der Waals surface area contributed by atoms with Gasteiger partial charge in [-0.1, -0.05) is 68.4 Å². The van der Waals surface area contributed by atoms with Gasteiger partial charge < -0.3 is 5.32 Å². The van der Waals surface area contributed by atoms with Gasteiger partial charge in [0, 0.05) is 0 Å². The minimum absolute atomic E-state index is 0.0401. The number of nitrogens with one attached hydrogen (secondary N) is 3. The van der Waals surface area contributed by atoms with Crippen molar-refractivity contribution in [2.45, 2.75) is 26.7 Å². The van der Waals surface area contributed by atoms with Crippen molar-refractivity contribution in [2.75, 3.05) is 6.54 Å². The Morgan fingerprint density at radius 3 is 2.15 bits per heavy atom. The molecular formula is C24H28N4O5. The first-order valence-corrected chi connectivity index (χ1v) is 10.8. The molecule has 1 saturated heterocycles. The van der Waals surface area contributed by atoms with Crippen molar-refractivity contribution in [2.24, 2.45) is 17.8 Å². The predicted octanol–water partition coefficient (Wildman–Crippen LogP) is 2.26. The zero-order valence-corrected chi connectivity index (χ0v) is 18.6. The summed E-state index contributed by atoms with van der Waals surface area (Å²) in [5.41, 5.74) is 6.87. The van der Waals surface area contributed by atoms with E-state index >= 15 is 0 Å². The third-order valence-electron chi connectivity index (χ3n) is 5.58. The molecule has 0 radical (unpaired) electrons. The van der Waals surface area contributed by atoms with Crippen molar-refractivity contribution in [3.05, 3.63) is 60.2 Å². The Morgan fingerprint density at radius 2 is 1.61 bits per heavy atom. The zero-order chi connectivity index (χ0) is 24.0. The van der Waals surface area contributed by atoms with Gasteiger partial charge in [-0.25, -0.2) is 10.3 Å². The normalized spacial score (nSPS) is 15.2. The summed E-state index contributed by atoms with van der Waals surface area (Å²) in [4.78, 5) is 49.4. The van der Waals surface area contributed by atoms with Crippen molar-refractivity contribution in [3.8, 4) is 11.1 Å². The summed E-state index contributed by atoms with van der Waals surface area (Å²) in [6.07, 6.45) is 0.502. The van der Waals surface area contributed by atoms with Crippen LogP contribution < -0.4 is 16.2 Å². The number of nitrogens with zero attached hydrogens (tertiary/aromatic N) is 1. The average molecular weight is 453 g/mol. The predicted molar refractivity (Wildman–Crippen MR) is 120 cm³/mol. The number of amides is 5. The fourth-order valence-corrected chi connectivity index (χ4v) is 3.91. The molecule has 33 heavy (non-hydrogen) atoms. The fourth-order valence-electron chi connectivity index (χ4n) is 3.91. The summed E-state index contributed by atoms with van der Waals surface area (Å²) in [7, 11) is 0. The SMILES string of the molecule is CC(C)CC(C(=O)NN1C(=O)CNC1=O)[C@@H](Cc1ccc(-c2ccccc2)cc1)C(=O)NO. The molecule has 0 saturated carbocycles. The number of hydrogen-bond acceptors (Lipinski definition) is 5. The van der Waals surface area contributed by atoms with Crippen LogP contribution >= 0.6 is 0 Å². The molecule has 1 unspecified atom stereocenters. The summed E-state index contributed by atoms with van der Waals surface area (Å²) in [6, 6.07) is 16.7. The van der Waals surface area contributed by atoms with Crippen LogP contribution in [0.2, 0.25) is 0 Å². The van der Waals surface area contributed by atoms with E-state index in [9.17, 15) is 24.4 Å². The number of rotatable bonds is 9. The van der Waals surface area contributed by atoms with Crippen LogP contribution in [0.25, 0.3) is 11.1 Å². The summed E-state index contributed by atoms with van der Waals surface area (Å²) >= 11 is 0. The first-order valence-electron chi connectivity index (χ1n) is 10.8. The van der Waals surface area contributed by atoms with Crippen LogP contribution in [0.5, 0.6) is 0 Å². The van der Waals surface area contributed by atoms with Gasteiger partial charge in [0.25, 0.3) is 5.91 Å². The van der Waals surface area contributed by atoms with Crippen LogP contribution in [0.3, 0.4) is 0 Å². The molecular weight excluding hydrogens is 424 g/mol. The third-order valence-corrected chi connectivity index (χ3v) is 5.58. The Balaban J connectivity index is 1.82. The molecule has 174 valence electrons. The van der Waals surface area contributed by atoms with Gasteiger partial charge in [0.15, 0.2) is 0 Å². The number of urea groups is 1. The summed E-state index contributed by atoms with van der Waals surface area (Å²) in [5, 5.41) is 12.3. The smallest absolute Gasteiger partial charge is 0.327 e. The lowest BCUT2D eigenvalue weighted by Gasteiger charge is -2.27. The van der Waals surface area contributed by atoms with Crippen molar-refractivity contribution >= 4 is 23.8 Å². The number of imide groups is 1. The molecule has 9 nitrogen and oxygen atoms in total. The van der Waals surface area contributed by atoms with E-state index in [0.29, 0.717) is 11.4 Å². The van der Waals surface area contributed by atoms with Crippen molar-refractivity contribution in [1.82, 2.24) is 21.2 Å². The van der Waals surface area contributed by atoms with Gasteiger partial charge in [0.1, 0.15) is 6.54 Å². The third kappa shape index (κ3) is 5.95. The van der Waals surface area contributed by atoms with Crippen LogP contribution in [0.15, 0.2) is 54.6 Å². The van der Waals surface area contributed by atoms with E-state index < -0.39 is 35.6 Å². The van der Waals surface area contributed by atoms with Crippen LogP contribution in [0.4, 0.5) is 4.79 Å². The Morgan fingerprint density at radius 1 is 0.970 bits per heavy atom. The molecule has 2 aromatic rings. The van der Waals surface area contributed by atoms with E-state index in [4.69, 9.17) is 0 Å². The summed E-state index contributed by atoms with van der Waals surface area (Å²) in [5.74, 6) is -3.69. The number of hydroxylamine groups is 1. The molecule has 1 aliphatic rings. The van der Waals surface area contributed by atoms with Crippen molar-refractivity contribution in [1.29, 1.82) is 0 Å². The Kier molecular flexibility index (Phi) is 7.78. The van der Waals surface area contributed by atoms with Crippen LogP contribution in [-0.2, 0) is 20.8 Å². The molecule has 1 aliphatic heterocycles. The first kappa shape index (κ1) is 23.9. The zero-order valence-electron chi connectivity index (χ0n) is 18.6. The van der Waals surface area contributed by atoms with Crippen LogP contribution in [0.1, 0.15) is 25.8 Å². The van der Waals surface area contributed by atoms with Crippen molar-refractivity contribution in [3.63, 3.8) is 0 Å². The first-order chi connectivity index (χ1) is 15.8. The molecule has 5 amide bonds. The highest BCUT2D eigenvalue weighted by Gasteiger charge is 2.38. The lowest BCUT2D eigenvalue weighted by atomic mass is 9.80. The number of hydrazine groups is 1. The van der Waals surface area contributed by atoms with Gasteiger partial charge in [0.2, 0.25) is 11.8 Å². The van der Waals surface area contributed by atoms with E-state index in [-0.39, 0.29) is 18.9 Å². The topological polar surface area (TPSA) is 128 Å². The Hall–Kier alpha value is -3.72. The second-order valence-electron chi connectivity index (χ2n) is 8.45. The average Bonchev–Trinajstić information content (AvgIpc) is 3.13. The molecule has 9 heteroatoms. The minimum atomic E-state index is -0.916. The molecule has 0 bridgehead atoms. The Bertz CT molecular complexity index is 991. The molecule has 0 aliphatic carbocycles. The van der Waals surface area contributed by atoms with Crippen LogP contribution in [-0.4, -0.2) is 40.5 Å². The molecule has 0 spiro atoms. The summed E-state index contributed by atoms with van der Waals surface area (Å²) in [6.45, 7) is 3.59. The second kappa shape index (κ2) is 10.7. The van der Waals surface area contributed by atoms with E-state index in [1.807, 2.05) is 68.4 Å². The van der Waals surface area contributed by atoms with Crippen LogP contribution in [0, 0.1) is 17.8 Å². The van der Waals surface area contributed by atoms with Gasteiger partial charge in [-0.15, -0.1) is 0 Å².